The molecule has 1 rings (SSSR count). The molecule has 1 saturated heterocycles. The largest absolute Gasteiger partial charge is 0.357 e. The number of rotatable bonds is 2. The van der Waals surface area contributed by atoms with Gasteiger partial charge in [0.25, 0.3) is 5.91 Å². The Hall–Kier alpha value is -1.20. The summed E-state index contributed by atoms with van der Waals surface area (Å²) in [6.45, 7) is 0.237. The minimum absolute atomic E-state index is 0.237. The fraction of sp³-hybridized carbons (Fsp3) is 0.750. The van der Waals surface area contributed by atoms with Crippen LogP contribution in [0.15, 0.2) is 0 Å². The molecule has 0 aliphatic carbocycles. The van der Waals surface area contributed by atoms with Gasteiger partial charge in [0.15, 0.2) is 0 Å². The second-order valence-corrected chi connectivity index (χ2v) is 3.10. The van der Waals surface area contributed by atoms with Crippen LogP contribution in [0, 0.1) is 0 Å². The summed E-state index contributed by atoms with van der Waals surface area (Å²) in [6, 6.07) is -0.721. The molecule has 0 aromatic heterocycles. The number of nitrogens with one attached hydrogen (secondary N) is 1. The van der Waals surface area contributed by atoms with E-state index in [0.717, 1.165) is 4.90 Å². The number of likely N-dealkylation sites (N-methyl/N-ethyl adjacent to an activating group) is 1. The van der Waals surface area contributed by atoms with Gasteiger partial charge in [-0.05, 0) is 12.8 Å². The van der Waals surface area contributed by atoms with Crippen LogP contribution in [0.5, 0.6) is 0 Å². The minimum Gasteiger partial charge on any atom is -0.357 e. The second kappa shape index (κ2) is 4.34. The average molecular weight is 206 g/mol. The van der Waals surface area contributed by atoms with Gasteiger partial charge in [0.2, 0.25) is 5.91 Å². The van der Waals surface area contributed by atoms with E-state index in [4.69, 9.17) is 0 Å². The highest BCUT2D eigenvalue weighted by molar-refractivity contribution is 5.89. The third kappa shape index (κ3) is 2.00. The summed E-state index contributed by atoms with van der Waals surface area (Å²) in [5.74, 6) is -1.63. The Balaban J connectivity index is 2.68. The molecular weight excluding hydrogens is 194 g/mol. The van der Waals surface area contributed by atoms with Crippen molar-refractivity contribution >= 4 is 11.8 Å². The SMILES string of the molecule is CNC(=O)C1CCCN1C(=O)C(F)F. The quantitative estimate of drug-likeness (QED) is 0.690. The van der Waals surface area contributed by atoms with Gasteiger partial charge >= 0.3 is 6.43 Å². The Morgan fingerprint density at radius 1 is 1.50 bits per heavy atom. The van der Waals surface area contributed by atoms with Crippen LogP contribution < -0.4 is 5.32 Å². The Labute approximate surface area is 80.3 Å². The van der Waals surface area contributed by atoms with Crippen molar-refractivity contribution in [3.63, 3.8) is 0 Å². The molecule has 1 N–H and O–H groups in total. The van der Waals surface area contributed by atoms with Crippen LogP contribution in [0.1, 0.15) is 12.8 Å². The van der Waals surface area contributed by atoms with E-state index in [1.807, 2.05) is 0 Å². The highest BCUT2D eigenvalue weighted by Crippen LogP contribution is 2.19. The lowest BCUT2D eigenvalue weighted by Gasteiger charge is -2.22. The summed E-state index contributed by atoms with van der Waals surface area (Å²) in [5, 5.41) is 2.35. The lowest BCUT2D eigenvalue weighted by atomic mass is 10.2. The van der Waals surface area contributed by atoms with Gasteiger partial charge in [-0.1, -0.05) is 0 Å². The van der Waals surface area contributed by atoms with Gasteiger partial charge in [-0.3, -0.25) is 9.59 Å². The third-order valence-corrected chi connectivity index (χ3v) is 2.27. The number of likely N-dealkylation sites (tertiary alicyclic amines) is 1. The number of carbonyl (C=O) groups excluding carboxylic acids is 2. The van der Waals surface area contributed by atoms with Crippen molar-refractivity contribution < 1.29 is 18.4 Å². The second-order valence-electron chi connectivity index (χ2n) is 3.10. The molecule has 2 amide bonds. The molecule has 1 heterocycles. The van der Waals surface area contributed by atoms with Crippen molar-refractivity contribution in [2.45, 2.75) is 25.3 Å². The maximum atomic E-state index is 12.1. The summed E-state index contributed by atoms with van der Waals surface area (Å²) in [5.41, 5.74) is 0. The molecule has 6 heteroatoms. The number of halogens is 2. The lowest BCUT2D eigenvalue weighted by Crippen LogP contribution is -2.46. The fourth-order valence-corrected chi connectivity index (χ4v) is 1.60. The first-order chi connectivity index (χ1) is 6.57. The monoisotopic (exact) mass is 206 g/mol. The maximum Gasteiger partial charge on any atom is 0.315 e. The molecule has 0 bridgehead atoms. The van der Waals surface area contributed by atoms with Crippen molar-refractivity contribution in [1.82, 2.24) is 10.2 Å². The Morgan fingerprint density at radius 2 is 2.14 bits per heavy atom. The van der Waals surface area contributed by atoms with E-state index < -0.39 is 18.4 Å². The van der Waals surface area contributed by atoms with Gasteiger partial charge in [-0.15, -0.1) is 0 Å². The number of nitrogens with zero attached hydrogens (tertiary/aromatic N) is 1. The first kappa shape index (κ1) is 10.9. The molecule has 80 valence electrons. The van der Waals surface area contributed by atoms with E-state index in [0.29, 0.717) is 12.8 Å². The van der Waals surface area contributed by atoms with Gasteiger partial charge < -0.3 is 10.2 Å². The van der Waals surface area contributed by atoms with E-state index in [2.05, 4.69) is 5.32 Å². The van der Waals surface area contributed by atoms with E-state index in [9.17, 15) is 18.4 Å². The zero-order valence-corrected chi connectivity index (χ0v) is 7.80. The highest BCUT2D eigenvalue weighted by atomic mass is 19.3. The van der Waals surface area contributed by atoms with Crippen molar-refractivity contribution in [2.75, 3.05) is 13.6 Å². The minimum atomic E-state index is -3.03. The average Bonchev–Trinajstić information content (AvgIpc) is 2.63. The first-order valence-electron chi connectivity index (χ1n) is 4.38. The van der Waals surface area contributed by atoms with E-state index in [1.165, 1.54) is 7.05 Å². The van der Waals surface area contributed by atoms with Gasteiger partial charge in [0.05, 0.1) is 0 Å². The van der Waals surface area contributed by atoms with E-state index >= 15 is 0 Å². The fourth-order valence-electron chi connectivity index (χ4n) is 1.60. The number of hydrogen-bond acceptors (Lipinski definition) is 2. The summed E-state index contributed by atoms with van der Waals surface area (Å²) in [6.07, 6.45) is -1.98. The number of alkyl halides is 2. The van der Waals surface area contributed by atoms with Gasteiger partial charge in [-0.25, -0.2) is 0 Å². The predicted octanol–water partition coefficient (Wildman–Crippen LogP) is -0.0115. The van der Waals surface area contributed by atoms with Crippen LogP contribution in [-0.2, 0) is 9.59 Å². The normalized spacial score (nSPS) is 21.4. The van der Waals surface area contributed by atoms with Gasteiger partial charge in [-0.2, -0.15) is 8.78 Å². The Morgan fingerprint density at radius 3 is 2.64 bits per heavy atom. The molecule has 4 nitrogen and oxygen atoms in total. The van der Waals surface area contributed by atoms with Crippen molar-refractivity contribution in [3.05, 3.63) is 0 Å². The molecule has 0 saturated carbocycles. The summed E-state index contributed by atoms with van der Waals surface area (Å²) in [7, 11) is 1.42. The van der Waals surface area contributed by atoms with Crippen LogP contribution in [0.4, 0.5) is 8.78 Å². The van der Waals surface area contributed by atoms with Crippen LogP contribution in [-0.4, -0.2) is 42.8 Å². The van der Waals surface area contributed by atoms with Crippen LogP contribution in [0.3, 0.4) is 0 Å². The van der Waals surface area contributed by atoms with Crippen LogP contribution in [0.2, 0.25) is 0 Å². The highest BCUT2D eigenvalue weighted by Gasteiger charge is 2.36. The summed E-state index contributed by atoms with van der Waals surface area (Å²) >= 11 is 0. The zero-order chi connectivity index (χ0) is 10.7. The molecule has 0 spiro atoms. The maximum absolute atomic E-state index is 12.1. The number of amides is 2. The topological polar surface area (TPSA) is 49.4 Å². The third-order valence-electron chi connectivity index (χ3n) is 2.27. The van der Waals surface area contributed by atoms with Gasteiger partial charge in [0, 0.05) is 13.6 Å². The molecule has 14 heavy (non-hydrogen) atoms. The van der Waals surface area contributed by atoms with Crippen molar-refractivity contribution in [3.8, 4) is 0 Å². The molecule has 1 atom stereocenters. The number of hydrogen-bond donors (Lipinski definition) is 1. The molecule has 0 aromatic carbocycles. The van der Waals surface area contributed by atoms with Crippen LogP contribution >= 0.6 is 0 Å². The van der Waals surface area contributed by atoms with Crippen molar-refractivity contribution in [1.29, 1.82) is 0 Å². The first-order valence-corrected chi connectivity index (χ1v) is 4.38. The molecule has 1 fully saturated rings. The predicted molar refractivity (Wildman–Crippen MR) is 44.8 cm³/mol. The van der Waals surface area contributed by atoms with Crippen LogP contribution in [0.25, 0.3) is 0 Å². The van der Waals surface area contributed by atoms with E-state index in [-0.39, 0.29) is 12.5 Å². The summed E-state index contributed by atoms with van der Waals surface area (Å²) in [4.78, 5) is 23.1. The van der Waals surface area contributed by atoms with Gasteiger partial charge in [0.1, 0.15) is 6.04 Å². The van der Waals surface area contributed by atoms with E-state index in [1.54, 1.807) is 0 Å². The molecule has 1 aliphatic heterocycles. The molecular formula is C8H12F2N2O2. The summed E-state index contributed by atoms with van der Waals surface area (Å²) < 4.78 is 24.2. The molecule has 1 aliphatic rings. The Bertz CT molecular complexity index is 245. The number of carbonyl (C=O) groups is 2. The lowest BCUT2D eigenvalue weighted by molar-refractivity contribution is -0.147. The molecule has 1 unspecified atom stereocenters. The Kier molecular flexibility index (Phi) is 3.38. The molecule has 0 radical (unpaired) electrons. The van der Waals surface area contributed by atoms with Crippen molar-refractivity contribution in [2.24, 2.45) is 0 Å². The zero-order valence-electron chi connectivity index (χ0n) is 7.80. The standard InChI is InChI=1S/C8H12F2N2O2/c1-11-7(13)5-3-2-4-12(5)8(14)6(9)10/h5-6H,2-4H2,1H3,(H,11,13). The smallest absolute Gasteiger partial charge is 0.315 e. The molecule has 0 aromatic rings.